The van der Waals surface area contributed by atoms with Crippen molar-refractivity contribution in [2.24, 2.45) is 10.9 Å². The molecule has 0 aliphatic rings. The summed E-state index contributed by atoms with van der Waals surface area (Å²) in [5.41, 5.74) is 0. The second-order valence-electron chi connectivity index (χ2n) is 5.02. The van der Waals surface area contributed by atoms with E-state index in [1.807, 2.05) is 0 Å². The molecule has 0 bridgehead atoms. The highest BCUT2D eigenvalue weighted by Gasteiger charge is 2.18. The molecule has 1 aromatic rings. The standard InChI is InChI=1S/C14H22FN3O2S.HI/c1-11(2)10-18-14(16-3)17-8-9-21(19,20)13-7-5-4-6-12(13)15;/h4-7,11H,8-10H2,1-3H3,(H2,16,17,18);1H. The van der Waals surface area contributed by atoms with E-state index in [0.29, 0.717) is 11.9 Å². The predicted molar refractivity (Wildman–Crippen MR) is 98.1 cm³/mol. The molecule has 22 heavy (non-hydrogen) atoms. The zero-order valence-corrected chi connectivity index (χ0v) is 16.1. The number of rotatable bonds is 6. The first-order valence-electron chi connectivity index (χ1n) is 6.78. The highest BCUT2D eigenvalue weighted by atomic mass is 127. The van der Waals surface area contributed by atoms with E-state index < -0.39 is 15.7 Å². The van der Waals surface area contributed by atoms with Crippen LogP contribution in [0.25, 0.3) is 0 Å². The first-order valence-corrected chi connectivity index (χ1v) is 8.44. The van der Waals surface area contributed by atoms with Gasteiger partial charge in [-0.2, -0.15) is 0 Å². The molecule has 0 saturated carbocycles. The lowest BCUT2D eigenvalue weighted by Gasteiger charge is -2.13. The Morgan fingerprint density at radius 2 is 1.91 bits per heavy atom. The first kappa shape index (κ1) is 21.1. The molecule has 0 saturated heterocycles. The number of hydrogen-bond acceptors (Lipinski definition) is 3. The molecule has 0 amide bonds. The van der Waals surface area contributed by atoms with Crippen molar-refractivity contribution in [3.63, 3.8) is 0 Å². The van der Waals surface area contributed by atoms with Crippen LogP contribution in [0.15, 0.2) is 34.2 Å². The second kappa shape index (κ2) is 9.98. The second-order valence-corrected chi connectivity index (χ2v) is 7.10. The Bertz CT molecular complexity index is 592. The van der Waals surface area contributed by atoms with Crippen molar-refractivity contribution in [1.29, 1.82) is 0 Å². The molecule has 0 spiro atoms. The number of benzene rings is 1. The van der Waals surface area contributed by atoms with Crippen molar-refractivity contribution >= 4 is 39.8 Å². The summed E-state index contributed by atoms with van der Waals surface area (Å²) >= 11 is 0. The monoisotopic (exact) mass is 443 g/mol. The van der Waals surface area contributed by atoms with Gasteiger partial charge < -0.3 is 10.6 Å². The van der Waals surface area contributed by atoms with Crippen molar-refractivity contribution < 1.29 is 12.8 Å². The summed E-state index contributed by atoms with van der Waals surface area (Å²) in [7, 11) is -2.03. The lowest BCUT2D eigenvalue weighted by atomic mass is 10.2. The van der Waals surface area contributed by atoms with E-state index in [2.05, 4.69) is 29.5 Å². The quantitative estimate of drug-likeness (QED) is 0.401. The third-order valence-corrected chi connectivity index (χ3v) is 4.48. The molecule has 0 heterocycles. The van der Waals surface area contributed by atoms with E-state index in [0.717, 1.165) is 12.6 Å². The minimum atomic E-state index is -3.65. The van der Waals surface area contributed by atoms with Gasteiger partial charge in [0.2, 0.25) is 0 Å². The molecule has 2 N–H and O–H groups in total. The van der Waals surface area contributed by atoms with E-state index in [1.165, 1.54) is 18.2 Å². The first-order chi connectivity index (χ1) is 9.86. The highest BCUT2D eigenvalue weighted by Crippen LogP contribution is 2.14. The van der Waals surface area contributed by atoms with Crippen LogP contribution >= 0.6 is 24.0 Å². The van der Waals surface area contributed by atoms with E-state index in [9.17, 15) is 12.8 Å². The minimum absolute atomic E-state index is 0. The van der Waals surface area contributed by atoms with Gasteiger partial charge in [-0.15, -0.1) is 24.0 Å². The third kappa shape index (κ3) is 6.91. The van der Waals surface area contributed by atoms with Gasteiger partial charge in [0.25, 0.3) is 0 Å². The zero-order chi connectivity index (χ0) is 15.9. The summed E-state index contributed by atoms with van der Waals surface area (Å²) < 4.78 is 37.6. The summed E-state index contributed by atoms with van der Waals surface area (Å²) in [6.07, 6.45) is 0. The van der Waals surface area contributed by atoms with Crippen molar-refractivity contribution in [3.8, 4) is 0 Å². The van der Waals surface area contributed by atoms with Gasteiger partial charge in [-0.1, -0.05) is 26.0 Å². The maximum Gasteiger partial charge on any atom is 0.191 e. The summed E-state index contributed by atoms with van der Waals surface area (Å²) in [6, 6.07) is 5.39. The number of nitrogens with zero attached hydrogens (tertiary/aromatic N) is 1. The molecule has 1 rings (SSSR count). The maximum atomic E-state index is 13.5. The fourth-order valence-electron chi connectivity index (χ4n) is 1.63. The molecule has 1 aromatic carbocycles. The van der Waals surface area contributed by atoms with Crippen molar-refractivity contribution in [1.82, 2.24) is 10.6 Å². The fourth-order valence-corrected chi connectivity index (χ4v) is 2.87. The topological polar surface area (TPSA) is 70.6 Å². The highest BCUT2D eigenvalue weighted by molar-refractivity contribution is 14.0. The van der Waals surface area contributed by atoms with Crippen LogP contribution in [0.3, 0.4) is 0 Å². The van der Waals surface area contributed by atoms with Crippen LogP contribution in [0.5, 0.6) is 0 Å². The summed E-state index contributed by atoms with van der Waals surface area (Å²) in [4.78, 5) is 3.73. The van der Waals surface area contributed by atoms with Gasteiger partial charge in [-0.05, 0) is 18.1 Å². The van der Waals surface area contributed by atoms with E-state index >= 15 is 0 Å². The van der Waals surface area contributed by atoms with Crippen LogP contribution < -0.4 is 10.6 Å². The average Bonchev–Trinajstić information content (AvgIpc) is 2.42. The Balaban J connectivity index is 0.00000441. The molecule has 126 valence electrons. The molecule has 0 atom stereocenters. The van der Waals surface area contributed by atoms with Crippen molar-refractivity contribution in [3.05, 3.63) is 30.1 Å². The van der Waals surface area contributed by atoms with Crippen molar-refractivity contribution in [2.45, 2.75) is 18.7 Å². The number of sulfone groups is 1. The Kier molecular flexibility index (Phi) is 9.58. The van der Waals surface area contributed by atoms with E-state index in [-0.39, 0.29) is 41.2 Å². The number of nitrogens with one attached hydrogen (secondary N) is 2. The molecule has 0 unspecified atom stereocenters. The third-order valence-electron chi connectivity index (χ3n) is 2.74. The van der Waals surface area contributed by atoms with Crippen LogP contribution in [-0.2, 0) is 9.84 Å². The largest absolute Gasteiger partial charge is 0.356 e. The number of halogens is 2. The molecular formula is C14H23FIN3O2S. The lowest BCUT2D eigenvalue weighted by molar-refractivity contribution is 0.566. The van der Waals surface area contributed by atoms with E-state index in [1.54, 1.807) is 7.05 Å². The summed E-state index contributed by atoms with van der Waals surface area (Å²) in [5, 5.41) is 5.98. The van der Waals surface area contributed by atoms with Crippen LogP contribution in [-0.4, -0.2) is 40.3 Å². The molecule has 8 heteroatoms. The average molecular weight is 443 g/mol. The fraction of sp³-hybridized carbons (Fsp3) is 0.500. The molecular weight excluding hydrogens is 420 g/mol. The molecule has 0 aliphatic heterocycles. The van der Waals surface area contributed by atoms with Crippen LogP contribution in [0.2, 0.25) is 0 Å². The number of hydrogen-bond donors (Lipinski definition) is 2. The number of aliphatic imine (C=N–C) groups is 1. The van der Waals surface area contributed by atoms with Crippen LogP contribution in [0, 0.1) is 11.7 Å². The summed E-state index contributed by atoms with van der Waals surface area (Å²) in [5.74, 6) is 0.0639. The van der Waals surface area contributed by atoms with Gasteiger partial charge in [0, 0.05) is 20.1 Å². The Morgan fingerprint density at radius 1 is 1.27 bits per heavy atom. The maximum absolute atomic E-state index is 13.5. The van der Waals surface area contributed by atoms with Gasteiger partial charge in [-0.3, -0.25) is 4.99 Å². The van der Waals surface area contributed by atoms with Crippen LogP contribution in [0.4, 0.5) is 4.39 Å². The minimum Gasteiger partial charge on any atom is -0.356 e. The summed E-state index contributed by atoms with van der Waals surface area (Å²) in [6.45, 7) is 5.01. The van der Waals surface area contributed by atoms with Gasteiger partial charge in [-0.25, -0.2) is 12.8 Å². The Labute approximate surface area is 148 Å². The smallest absolute Gasteiger partial charge is 0.191 e. The van der Waals surface area contributed by atoms with Gasteiger partial charge in [0.1, 0.15) is 10.7 Å². The Morgan fingerprint density at radius 3 is 2.45 bits per heavy atom. The zero-order valence-electron chi connectivity index (χ0n) is 13.0. The number of guanidine groups is 1. The molecule has 0 aromatic heterocycles. The molecule has 0 radical (unpaired) electrons. The SMILES string of the molecule is CN=C(NCCS(=O)(=O)c1ccccc1F)NCC(C)C.I. The molecule has 0 fully saturated rings. The van der Waals surface area contributed by atoms with Gasteiger partial charge >= 0.3 is 0 Å². The molecule has 5 nitrogen and oxygen atoms in total. The van der Waals surface area contributed by atoms with Crippen LogP contribution in [0.1, 0.15) is 13.8 Å². The van der Waals surface area contributed by atoms with Gasteiger partial charge in [0.15, 0.2) is 15.8 Å². The van der Waals surface area contributed by atoms with E-state index in [4.69, 9.17) is 0 Å². The van der Waals surface area contributed by atoms with Gasteiger partial charge in [0.05, 0.1) is 5.75 Å². The molecule has 0 aliphatic carbocycles. The Hall–Kier alpha value is -0.900. The normalized spacial score (nSPS) is 12.0. The predicted octanol–water partition coefficient (Wildman–Crippen LogP) is 2.04. The van der Waals surface area contributed by atoms with Crippen molar-refractivity contribution in [2.75, 3.05) is 25.9 Å². The lowest BCUT2D eigenvalue weighted by Crippen LogP contribution is -2.41.